The smallest absolute Gasteiger partial charge is 0.303 e. The largest absolute Gasteiger partial charge is 0.497 e. The predicted octanol–water partition coefficient (Wildman–Crippen LogP) is 7.74. The third-order valence-corrected chi connectivity index (χ3v) is 16.9. The van der Waals surface area contributed by atoms with Gasteiger partial charge in [0.05, 0.1) is 83.2 Å². The molecule has 1 aliphatic carbocycles. The van der Waals surface area contributed by atoms with Crippen molar-refractivity contribution >= 4 is 41.1 Å². The van der Waals surface area contributed by atoms with Crippen LogP contribution in [0.5, 0.6) is 11.6 Å². The number of methoxy groups -OCH3 is 1. The highest BCUT2D eigenvalue weighted by atomic mass is 16.5. The van der Waals surface area contributed by atoms with Gasteiger partial charge in [-0.1, -0.05) is 70.1 Å². The number of ether oxygens (including phenoxy) is 2. The molecule has 1 aromatic carbocycles. The average Bonchev–Trinajstić information content (AvgIpc) is 4.46. The summed E-state index contributed by atoms with van der Waals surface area (Å²) in [7, 11) is 3.67. The highest BCUT2D eigenvalue weighted by molar-refractivity contribution is 6.09. The van der Waals surface area contributed by atoms with Gasteiger partial charge in [-0.2, -0.15) is 0 Å². The van der Waals surface area contributed by atoms with E-state index in [1.807, 2.05) is 72.1 Å². The number of unbranched alkanes of at least 4 members (excludes halogenated alkanes) is 8. The van der Waals surface area contributed by atoms with Crippen molar-refractivity contribution in [3.05, 3.63) is 83.4 Å². The summed E-state index contributed by atoms with van der Waals surface area (Å²) in [5.41, 5.74) is 15.2. The first-order valence-electron chi connectivity index (χ1n) is 31.9. The molecule has 2 aliphatic rings. The number of aromatic nitrogens is 5. The first-order valence-corrected chi connectivity index (χ1v) is 31.9. The Morgan fingerprint density at radius 1 is 0.802 bits per heavy atom. The Labute approximate surface area is 511 Å². The fourth-order valence-electron chi connectivity index (χ4n) is 11.5. The van der Waals surface area contributed by atoms with Crippen LogP contribution >= 0.6 is 0 Å². The normalized spacial score (nSPS) is 14.2. The third-order valence-electron chi connectivity index (χ3n) is 16.9. The zero-order chi connectivity index (χ0) is 61.7. The van der Waals surface area contributed by atoms with Crippen LogP contribution in [0.15, 0.2) is 60.9 Å². The molecule has 21 heteroatoms. The fourth-order valence-corrected chi connectivity index (χ4v) is 11.5. The molecule has 1 aliphatic heterocycles. The zero-order valence-electron chi connectivity index (χ0n) is 52.4. The molecule has 4 heterocycles. The molecule has 86 heavy (non-hydrogen) atoms. The van der Waals surface area contributed by atoms with Gasteiger partial charge in [0.25, 0.3) is 5.91 Å². The van der Waals surface area contributed by atoms with E-state index in [9.17, 15) is 24.3 Å². The van der Waals surface area contributed by atoms with Crippen LogP contribution in [-0.2, 0) is 32.1 Å². The molecule has 0 unspecified atom stereocenters. The van der Waals surface area contributed by atoms with Crippen molar-refractivity contribution in [1.82, 2.24) is 40.9 Å². The molecule has 3 aromatic heterocycles. The predicted molar refractivity (Wildman–Crippen MR) is 336 cm³/mol. The van der Waals surface area contributed by atoms with Gasteiger partial charge in [-0.25, -0.2) is 9.97 Å². The average molecular weight is 1190 g/mol. The van der Waals surface area contributed by atoms with E-state index in [1.165, 1.54) is 0 Å². The van der Waals surface area contributed by atoms with E-state index >= 15 is 4.79 Å². The van der Waals surface area contributed by atoms with Gasteiger partial charge in [-0.15, -0.1) is 5.10 Å². The van der Waals surface area contributed by atoms with Crippen LogP contribution in [0, 0.1) is 24.2 Å². The molecule has 1 saturated heterocycles. The number of benzene rings is 1. The van der Waals surface area contributed by atoms with E-state index in [0.29, 0.717) is 124 Å². The number of carboxylic acids is 1. The number of anilines is 2. The van der Waals surface area contributed by atoms with Gasteiger partial charge in [-0.3, -0.25) is 33.6 Å². The number of carbonyl (C=O) groups excluding carboxylic acids is 4. The number of amides is 4. The first-order chi connectivity index (χ1) is 41.5. The molecule has 4 amide bonds. The number of quaternary nitrogens is 1. The number of rotatable bonds is 42. The van der Waals surface area contributed by atoms with E-state index in [1.54, 1.807) is 13.3 Å². The van der Waals surface area contributed by atoms with Crippen molar-refractivity contribution < 1.29 is 43.0 Å². The molecule has 0 spiro atoms. The molecule has 2 fully saturated rings. The Hall–Kier alpha value is -6.71. The Bertz CT molecular complexity index is 2700. The molecule has 6 rings (SSSR count). The maximum atomic E-state index is 15.0. The van der Waals surface area contributed by atoms with Crippen LogP contribution in [0.2, 0.25) is 0 Å². The Morgan fingerprint density at radius 3 is 2.14 bits per heavy atom. The van der Waals surface area contributed by atoms with Crippen LogP contribution in [0.1, 0.15) is 169 Å². The summed E-state index contributed by atoms with van der Waals surface area (Å²) in [5.74, 6) is 1.56. The number of carboxylic acid groups (broad SMARTS) is 1. The van der Waals surface area contributed by atoms with E-state index in [4.69, 9.17) is 25.9 Å². The maximum absolute atomic E-state index is 15.0. The quantitative estimate of drug-likeness (QED) is 0.0183. The maximum Gasteiger partial charge on any atom is 0.303 e. The van der Waals surface area contributed by atoms with Crippen molar-refractivity contribution in [3.63, 3.8) is 0 Å². The van der Waals surface area contributed by atoms with E-state index < -0.39 is 5.97 Å². The summed E-state index contributed by atoms with van der Waals surface area (Å²) in [4.78, 5) is 77.4. The second kappa shape index (κ2) is 35.8. The Balaban J connectivity index is 0.873. The first kappa shape index (κ1) is 68.4. The lowest BCUT2D eigenvalue weighted by Crippen LogP contribution is -2.52. The zero-order valence-corrected chi connectivity index (χ0v) is 52.4. The number of hydrogen-bond donors (Lipinski definition) is 6. The summed E-state index contributed by atoms with van der Waals surface area (Å²) < 4.78 is 14.4. The molecule has 21 nitrogen and oxygen atoms in total. The lowest BCUT2D eigenvalue weighted by molar-refractivity contribution is -0.907. The summed E-state index contributed by atoms with van der Waals surface area (Å²) >= 11 is 0. The van der Waals surface area contributed by atoms with E-state index in [2.05, 4.69) is 56.2 Å². The van der Waals surface area contributed by atoms with Crippen LogP contribution in [-0.4, -0.2) is 157 Å². The third kappa shape index (κ3) is 24.2. The SMILES string of the molecule is COc1ccc(C(=O)N(CC(C)(C)CCCCCCn2cc(CCCCCCCCC(=O)NCC[N+](C)(CCC(=O)NCCN)CCC(=O)NCCN)nn2)c2cccc(C)n2)c(N2CCC(COc3cc([C@@H](CC(=O)O)C4CC4)ccn3)CC2)c1. The summed E-state index contributed by atoms with van der Waals surface area (Å²) in [5, 5.41) is 27.1. The van der Waals surface area contributed by atoms with Crippen LogP contribution in [0.25, 0.3) is 0 Å². The Kier molecular flexibility index (Phi) is 28.5. The van der Waals surface area contributed by atoms with Crippen molar-refractivity contribution in [2.75, 3.05) is 103 Å². The van der Waals surface area contributed by atoms with Gasteiger partial charge in [0.2, 0.25) is 23.6 Å². The monoisotopic (exact) mass is 1190 g/mol. The number of hydrogen-bond acceptors (Lipinski definition) is 14. The number of nitrogens with two attached hydrogens (primary N) is 2. The number of pyridine rings is 2. The number of aryl methyl sites for hydroxylation is 3. The van der Waals surface area contributed by atoms with E-state index in [-0.39, 0.29) is 41.4 Å². The second-order valence-electron chi connectivity index (χ2n) is 25.0. The number of likely N-dealkylation sites (N-methyl/N-ethyl adjacent to an activating group) is 1. The topological polar surface area (TPSA) is 275 Å². The molecule has 1 saturated carbocycles. The van der Waals surface area contributed by atoms with Gasteiger partial charge in [0, 0.05) is 89.0 Å². The fraction of sp³-hybridized carbons (Fsp3) is 0.646. The minimum Gasteiger partial charge on any atom is -0.497 e. The highest BCUT2D eigenvalue weighted by Crippen LogP contribution is 2.45. The van der Waals surface area contributed by atoms with Crippen molar-refractivity contribution in [2.24, 2.45) is 28.7 Å². The standard InChI is InChI=1S/C65H101N13O8/c1-49-17-16-19-58(72-49)77(64(84)55-24-23-54(85-5)44-57(55)75-38-26-50(27-39-75)47-86-62-43-52(25-33-71-62)56(45-63(82)83)51-21-22-51)48-65(2,3)30-14-10-11-15-37-76-46-53(73-74-76)18-12-8-6-7-9-13-20-59(79)70-36-42-78(4,40-28-60(80)68-34-31-66)41-29-61(81)69-35-32-67/h16-17,19,23-25,33,43-44,46,50-51,56H,6-15,18,20-22,26-32,34-42,45,47-48,66-67H2,1-5H3,(H3-,68,69,70,79,80,81,82,83)/p+1/t56-/m0/s1. The van der Waals surface area contributed by atoms with Gasteiger partial charge >= 0.3 is 5.97 Å². The molecular formula is C65H102N13O8+. The summed E-state index contributed by atoms with van der Waals surface area (Å²) in [6.07, 6.45) is 21.1. The van der Waals surface area contributed by atoms with Crippen LogP contribution < -0.4 is 46.7 Å². The lowest BCUT2D eigenvalue weighted by Gasteiger charge is -2.36. The van der Waals surface area contributed by atoms with Crippen molar-refractivity contribution in [1.29, 1.82) is 0 Å². The minimum absolute atomic E-state index is 0.0177. The molecule has 4 aromatic rings. The minimum atomic E-state index is -0.783. The number of carbonyl (C=O) groups is 5. The molecule has 8 N–H and O–H groups in total. The molecule has 0 radical (unpaired) electrons. The van der Waals surface area contributed by atoms with Gasteiger partial charge in [0.15, 0.2) is 0 Å². The molecule has 1 atom stereocenters. The van der Waals surface area contributed by atoms with Gasteiger partial charge in [-0.05, 0) is 124 Å². The number of piperidine rings is 1. The lowest BCUT2D eigenvalue weighted by atomic mass is 9.86. The van der Waals surface area contributed by atoms with E-state index in [0.717, 1.165) is 145 Å². The Morgan fingerprint density at radius 2 is 1.47 bits per heavy atom. The van der Waals surface area contributed by atoms with Crippen LogP contribution in [0.3, 0.4) is 0 Å². The van der Waals surface area contributed by atoms with Crippen molar-refractivity contribution in [3.8, 4) is 11.6 Å². The number of nitrogens with one attached hydrogen (secondary N) is 3. The molecule has 0 bridgehead atoms. The molecule has 474 valence electrons. The summed E-state index contributed by atoms with van der Waals surface area (Å²) in [6.45, 7) is 13.6. The van der Waals surface area contributed by atoms with Crippen molar-refractivity contribution in [2.45, 2.75) is 162 Å². The summed E-state index contributed by atoms with van der Waals surface area (Å²) in [6, 6.07) is 15.4. The second-order valence-corrected chi connectivity index (χ2v) is 25.0. The molecular weight excluding hydrogens is 1090 g/mol. The number of aliphatic carboxylic acids is 1. The van der Waals surface area contributed by atoms with Crippen LogP contribution in [0.4, 0.5) is 11.5 Å². The number of nitrogens with zero attached hydrogens (tertiary/aromatic N) is 8. The van der Waals surface area contributed by atoms with Gasteiger partial charge in [0.1, 0.15) is 11.6 Å². The van der Waals surface area contributed by atoms with Gasteiger partial charge < -0.3 is 51.4 Å². The highest BCUT2D eigenvalue weighted by Gasteiger charge is 2.35.